The topological polar surface area (TPSA) is 69.0 Å². The Morgan fingerprint density at radius 2 is 2.23 bits per heavy atom. The van der Waals surface area contributed by atoms with Crippen LogP contribution in [0.25, 0.3) is 0 Å². The van der Waals surface area contributed by atoms with Gasteiger partial charge in [0, 0.05) is 26.6 Å². The first-order valence-electron chi connectivity index (χ1n) is 8.27. The molecule has 2 aliphatic rings. The summed E-state index contributed by atoms with van der Waals surface area (Å²) in [5.74, 6) is 1.21. The third-order valence-corrected chi connectivity index (χ3v) is 5.36. The van der Waals surface area contributed by atoms with Gasteiger partial charge in [0.15, 0.2) is 0 Å². The summed E-state index contributed by atoms with van der Waals surface area (Å²) in [6.45, 7) is 3.75. The maximum atomic E-state index is 12.4. The van der Waals surface area contributed by atoms with Crippen molar-refractivity contribution in [3.05, 3.63) is 12.2 Å². The smallest absolute Gasteiger partial charge is 0.224 e. The summed E-state index contributed by atoms with van der Waals surface area (Å²) >= 11 is 0. The number of methoxy groups -OCH3 is 1. The molecule has 1 unspecified atom stereocenters. The highest BCUT2D eigenvalue weighted by molar-refractivity contribution is 5.78. The monoisotopic (exact) mass is 306 g/mol. The van der Waals surface area contributed by atoms with E-state index in [9.17, 15) is 4.79 Å². The van der Waals surface area contributed by atoms with E-state index in [4.69, 9.17) is 4.74 Å². The van der Waals surface area contributed by atoms with Gasteiger partial charge in [0.2, 0.25) is 5.91 Å². The van der Waals surface area contributed by atoms with Gasteiger partial charge in [-0.25, -0.2) is 0 Å². The van der Waals surface area contributed by atoms with Crippen molar-refractivity contribution in [2.45, 2.75) is 58.1 Å². The van der Waals surface area contributed by atoms with Crippen molar-refractivity contribution in [1.82, 2.24) is 20.1 Å². The van der Waals surface area contributed by atoms with Crippen LogP contribution in [0.3, 0.4) is 0 Å². The molecule has 1 fully saturated rings. The fourth-order valence-corrected chi connectivity index (χ4v) is 3.62. The summed E-state index contributed by atoms with van der Waals surface area (Å²) in [7, 11) is 1.79. The van der Waals surface area contributed by atoms with E-state index < -0.39 is 0 Å². The Labute approximate surface area is 131 Å². The zero-order valence-electron chi connectivity index (χ0n) is 13.5. The maximum Gasteiger partial charge on any atom is 0.224 e. The Morgan fingerprint density at radius 1 is 1.45 bits per heavy atom. The van der Waals surface area contributed by atoms with Crippen LogP contribution in [0.1, 0.15) is 44.9 Å². The highest BCUT2D eigenvalue weighted by Gasteiger charge is 2.33. The van der Waals surface area contributed by atoms with E-state index in [2.05, 4.69) is 22.4 Å². The normalized spacial score (nSPS) is 31.5. The Morgan fingerprint density at radius 3 is 2.95 bits per heavy atom. The predicted molar refractivity (Wildman–Crippen MR) is 82.2 cm³/mol. The molecule has 1 amide bonds. The molecule has 2 heterocycles. The summed E-state index contributed by atoms with van der Waals surface area (Å²) in [5, 5.41) is 11.2. The van der Waals surface area contributed by atoms with Gasteiger partial charge >= 0.3 is 0 Å². The van der Waals surface area contributed by atoms with Crippen LogP contribution in [0.5, 0.6) is 0 Å². The molecule has 1 atom stereocenters. The summed E-state index contributed by atoms with van der Waals surface area (Å²) in [5.41, 5.74) is 0.209. The second-order valence-electron chi connectivity index (χ2n) is 7.10. The molecular formula is C16H26N4O2. The van der Waals surface area contributed by atoms with Gasteiger partial charge in [-0.3, -0.25) is 4.79 Å². The van der Waals surface area contributed by atoms with E-state index in [1.165, 1.54) is 0 Å². The SMILES string of the molecule is COC1CCC(C)(CNC(=O)C2CCc3nncn3C2)CC1. The molecule has 6 nitrogen and oxygen atoms in total. The number of hydrogen-bond donors (Lipinski definition) is 1. The third kappa shape index (κ3) is 3.32. The lowest BCUT2D eigenvalue weighted by Gasteiger charge is -2.37. The minimum absolute atomic E-state index is 0.0439. The molecular weight excluding hydrogens is 280 g/mol. The fourth-order valence-electron chi connectivity index (χ4n) is 3.62. The van der Waals surface area contributed by atoms with Gasteiger partial charge in [-0.1, -0.05) is 6.92 Å². The van der Waals surface area contributed by atoms with Gasteiger partial charge in [-0.2, -0.15) is 0 Å². The largest absolute Gasteiger partial charge is 0.381 e. The molecule has 0 bridgehead atoms. The number of nitrogens with one attached hydrogen (secondary N) is 1. The molecule has 1 saturated carbocycles. The average molecular weight is 306 g/mol. The number of ether oxygens (including phenoxy) is 1. The van der Waals surface area contributed by atoms with E-state index >= 15 is 0 Å². The summed E-state index contributed by atoms with van der Waals surface area (Å²) in [6, 6.07) is 0. The van der Waals surface area contributed by atoms with Crippen molar-refractivity contribution < 1.29 is 9.53 Å². The molecule has 1 aliphatic carbocycles. The average Bonchev–Trinajstić information content (AvgIpc) is 3.01. The van der Waals surface area contributed by atoms with Crippen LogP contribution in [0, 0.1) is 11.3 Å². The van der Waals surface area contributed by atoms with Crippen LogP contribution in [0.4, 0.5) is 0 Å². The molecule has 1 N–H and O–H groups in total. The van der Waals surface area contributed by atoms with Gasteiger partial charge in [-0.15, -0.1) is 10.2 Å². The summed E-state index contributed by atoms with van der Waals surface area (Å²) in [6.07, 6.45) is 8.25. The highest BCUT2D eigenvalue weighted by Crippen LogP contribution is 2.36. The van der Waals surface area contributed by atoms with Crippen LogP contribution >= 0.6 is 0 Å². The first kappa shape index (κ1) is 15.5. The minimum Gasteiger partial charge on any atom is -0.381 e. The van der Waals surface area contributed by atoms with Crippen molar-refractivity contribution in [2.24, 2.45) is 11.3 Å². The predicted octanol–water partition coefficient (Wildman–Crippen LogP) is 1.55. The van der Waals surface area contributed by atoms with E-state index in [1.807, 2.05) is 4.57 Å². The molecule has 1 aromatic rings. The number of aromatic nitrogens is 3. The second-order valence-corrected chi connectivity index (χ2v) is 7.10. The summed E-state index contributed by atoms with van der Waals surface area (Å²) in [4.78, 5) is 12.4. The molecule has 1 aliphatic heterocycles. The highest BCUT2D eigenvalue weighted by atomic mass is 16.5. The Hall–Kier alpha value is -1.43. The Kier molecular flexibility index (Phi) is 4.47. The number of fused-ring (bicyclic) bond motifs is 1. The van der Waals surface area contributed by atoms with Gasteiger partial charge < -0.3 is 14.6 Å². The standard InChI is InChI=1S/C16H26N4O2/c1-16(7-5-13(22-2)6-8-16)10-17-15(21)12-3-4-14-19-18-11-20(14)9-12/h11-13H,3-10H2,1-2H3,(H,17,21). The van der Waals surface area contributed by atoms with Crippen molar-refractivity contribution in [3.63, 3.8) is 0 Å². The van der Waals surface area contributed by atoms with Crippen LogP contribution < -0.4 is 5.32 Å². The van der Waals surface area contributed by atoms with Crippen LogP contribution in [-0.2, 0) is 22.5 Å². The number of carbonyl (C=O) groups is 1. The molecule has 3 rings (SSSR count). The fraction of sp³-hybridized carbons (Fsp3) is 0.812. The van der Waals surface area contributed by atoms with Crippen LogP contribution in [0.15, 0.2) is 6.33 Å². The van der Waals surface area contributed by atoms with E-state index in [0.717, 1.165) is 50.9 Å². The first-order valence-corrected chi connectivity index (χ1v) is 8.27. The molecule has 0 radical (unpaired) electrons. The first-order chi connectivity index (χ1) is 10.6. The molecule has 0 saturated heterocycles. The molecule has 122 valence electrons. The molecule has 0 spiro atoms. The Bertz CT molecular complexity index is 520. The third-order valence-electron chi connectivity index (χ3n) is 5.36. The van der Waals surface area contributed by atoms with Crippen molar-refractivity contribution in [3.8, 4) is 0 Å². The number of amides is 1. The lowest BCUT2D eigenvalue weighted by molar-refractivity contribution is -0.126. The quantitative estimate of drug-likeness (QED) is 0.916. The number of aryl methyl sites for hydroxylation is 1. The van der Waals surface area contributed by atoms with E-state index in [1.54, 1.807) is 13.4 Å². The van der Waals surface area contributed by atoms with Crippen LogP contribution in [0.2, 0.25) is 0 Å². The second kappa shape index (κ2) is 6.36. The number of nitrogens with zero attached hydrogens (tertiary/aromatic N) is 3. The lowest BCUT2D eigenvalue weighted by Crippen LogP contribution is -2.43. The Balaban J connectivity index is 1.49. The van der Waals surface area contributed by atoms with Crippen molar-refractivity contribution in [2.75, 3.05) is 13.7 Å². The van der Waals surface area contributed by atoms with Crippen molar-refractivity contribution in [1.29, 1.82) is 0 Å². The zero-order chi connectivity index (χ0) is 15.6. The zero-order valence-corrected chi connectivity index (χ0v) is 13.5. The number of carbonyl (C=O) groups excluding carboxylic acids is 1. The van der Waals surface area contributed by atoms with Crippen molar-refractivity contribution >= 4 is 5.91 Å². The van der Waals surface area contributed by atoms with Gasteiger partial charge in [0.05, 0.1) is 12.0 Å². The van der Waals surface area contributed by atoms with Gasteiger partial charge in [0.1, 0.15) is 12.2 Å². The number of rotatable bonds is 4. The van der Waals surface area contributed by atoms with E-state index in [-0.39, 0.29) is 17.2 Å². The van der Waals surface area contributed by atoms with Crippen LogP contribution in [-0.4, -0.2) is 40.4 Å². The lowest BCUT2D eigenvalue weighted by atomic mass is 9.74. The molecule has 6 heteroatoms. The number of hydrogen-bond acceptors (Lipinski definition) is 4. The maximum absolute atomic E-state index is 12.4. The van der Waals surface area contributed by atoms with Gasteiger partial charge in [0.25, 0.3) is 0 Å². The molecule has 0 aromatic carbocycles. The molecule has 22 heavy (non-hydrogen) atoms. The summed E-state index contributed by atoms with van der Waals surface area (Å²) < 4.78 is 7.43. The minimum atomic E-state index is 0.0439. The van der Waals surface area contributed by atoms with E-state index in [0.29, 0.717) is 12.6 Å². The molecule has 1 aromatic heterocycles. The van der Waals surface area contributed by atoms with Gasteiger partial charge in [-0.05, 0) is 37.5 Å².